The molecule has 1 fully saturated rings. The van der Waals surface area contributed by atoms with E-state index in [2.05, 4.69) is 15.2 Å². The summed E-state index contributed by atoms with van der Waals surface area (Å²) in [5.41, 5.74) is 6.91. The van der Waals surface area contributed by atoms with Crippen LogP contribution in [0, 0.1) is 5.82 Å². The third-order valence-corrected chi connectivity index (χ3v) is 5.25. The van der Waals surface area contributed by atoms with Gasteiger partial charge < -0.3 is 15.8 Å². The number of nitrogens with zero attached hydrogens (tertiary/aromatic N) is 2. The zero-order valence-corrected chi connectivity index (χ0v) is 17.8. The van der Waals surface area contributed by atoms with Crippen LogP contribution in [0.15, 0.2) is 29.6 Å². The molecule has 6 nitrogen and oxygen atoms in total. The van der Waals surface area contributed by atoms with Crippen LogP contribution in [0.2, 0.25) is 0 Å². The summed E-state index contributed by atoms with van der Waals surface area (Å²) in [7, 11) is 0. The van der Waals surface area contributed by atoms with Crippen LogP contribution in [0.25, 0.3) is 0 Å². The van der Waals surface area contributed by atoms with Gasteiger partial charge in [0.15, 0.2) is 0 Å². The van der Waals surface area contributed by atoms with E-state index in [0.29, 0.717) is 38.4 Å². The number of carbonyl (C=O) groups is 1. The first-order valence-corrected chi connectivity index (χ1v) is 9.55. The van der Waals surface area contributed by atoms with Gasteiger partial charge in [-0.2, -0.15) is 0 Å². The van der Waals surface area contributed by atoms with Crippen LogP contribution in [0.4, 0.5) is 4.39 Å². The largest absolute Gasteiger partial charge is 0.379 e. The molecule has 3 N–H and O–H groups in total. The fourth-order valence-electron chi connectivity index (χ4n) is 2.97. The van der Waals surface area contributed by atoms with E-state index in [-0.39, 0.29) is 42.6 Å². The third-order valence-electron chi connectivity index (χ3n) is 4.34. The van der Waals surface area contributed by atoms with Crippen LogP contribution < -0.4 is 11.1 Å². The molecule has 1 aromatic carbocycles. The lowest BCUT2D eigenvalue weighted by Crippen LogP contribution is -2.43. The van der Waals surface area contributed by atoms with Crippen LogP contribution in [0.3, 0.4) is 0 Å². The summed E-state index contributed by atoms with van der Waals surface area (Å²) in [4.78, 5) is 19.0. The Kier molecular flexibility index (Phi) is 10.9. The van der Waals surface area contributed by atoms with Gasteiger partial charge in [-0.3, -0.25) is 9.69 Å². The average Bonchev–Trinajstić information content (AvgIpc) is 3.13. The number of hydrogen-bond donors (Lipinski definition) is 2. The van der Waals surface area contributed by atoms with E-state index >= 15 is 0 Å². The van der Waals surface area contributed by atoms with Gasteiger partial charge in [0.25, 0.3) is 5.91 Å². The van der Waals surface area contributed by atoms with E-state index in [4.69, 9.17) is 10.5 Å². The summed E-state index contributed by atoms with van der Waals surface area (Å²) in [5, 5.41) is 5.58. The van der Waals surface area contributed by atoms with Gasteiger partial charge in [-0.25, -0.2) is 9.37 Å². The molecular weight excluding hydrogens is 426 g/mol. The SMILES string of the molecule is Cl.Cl.NCCc1nc(C(=O)NCC(c2ccc(F)cc2)N2CCOCC2)cs1. The Bertz CT molecular complexity index is 727. The topological polar surface area (TPSA) is 80.5 Å². The highest BCUT2D eigenvalue weighted by Crippen LogP contribution is 2.22. The minimum atomic E-state index is -0.270. The van der Waals surface area contributed by atoms with Crippen LogP contribution in [0.1, 0.15) is 27.1 Å². The molecule has 1 aliphatic heterocycles. The Morgan fingerprint density at radius 1 is 1.29 bits per heavy atom. The summed E-state index contributed by atoms with van der Waals surface area (Å²) in [6, 6.07) is 6.40. The number of rotatable bonds is 7. The maximum atomic E-state index is 13.3. The van der Waals surface area contributed by atoms with Crippen LogP contribution in [-0.2, 0) is 11.2 Å². The number of thiazole rings is 1. The molecule has 1 unspecified atom stereocenters. The molecule has 0 saturated carbocycles. The number of nitrogens with two attached hydrogens (primary N) is 1. The lowest BCUT2D eigenvalue weighted by atomic mass is 10.0. The Morgan fingerprint density at radius 3 is 2.61 bits per heavy atom. The van der Waals surface area contributed by atoms with Crippen molar-refractivity contribution in [2.75, 3.05) is 39.4 Å². The van der Waals surface area contributed by atoms with Crippen LogP contribution >= 0.6 is 36.2 Å². The van der Waals surface area contributed by atoms with Gasteiger partial charge in [0, 0.05) is 31.4 Å². The first kappa shape index (κ1) is 24.7. The molecule has 1 saturated heterocycles. The first-order chi connectivity index (χ1) is 12.7. The van der Waals surface area contributed by atoms with Gasteiger partial charge >= 0.3 is 0 Å². The molecule has 2 heterocycles. The molecule has 0 bridgehead atoms. The molecule has 1 aromatic heterocycles. The molecule has 2 aromatic rings. The van der Waals surface area contributed by atoms with E-state index in [1.165, 1.54) is 23.5 Å². The zero-order chi connectivity index (χ0) is 18.4. The number of ether oxygens (including phenoxy) is 1. The first-order valence-electron chi connectivity index (χ1n) is 8.67. The van der Waals surface area contributed by atoms with Crippen LogP contribution in [0.5, 0.6) is 0 Å². The highest BCUT2D eigenvalue weighted by Gasteiger charge is 2.24. The third kappa shape index (κ3) is 6.65. The molecule has 3 rings (SSSR count). The van der Waals surface area contributed by atoms with E-state index in [1.54, 1.807) is 17.5 Å². The van der Waals surface area contributed by atoms with Gasteiger partial charge in [0.1, 0.15) is 11.5 Å². The Balaban J connectivity index is 0.00000196. The maximum Gasteiger partial charge on any atom is 0.270 e. The molecule has 1 aliphatic rings. The predicted octanol–water partition coefficient (Wildman–Crippen LogP) is 2.43. The summed E-state index contributed by atoms with van der Waals surface area (Å²) in [5.74, 6) is -0.474. The highest BCUT2D eigenvalue weighted by atomic mass is 35.5. The molecule has 0 spiro atoms. The molecule has 28 heavy (non-hydrogen) atoms. The van der Waals surface area contributed by atoms with Crippen molar-refractivity contribution in [2.45, 2.75) is 12.5 Å². The van der Waals surface area contributed by atoms with E-state index in [9.17, 15) is 9.18 Å². The highest BCUT2D eigenvalue weighted by molar-refractivity contribution is 7.09. The Morgan fingerprint density at radius 2 is 1.96 bits per heavy atom. The predicted molar refractivity (Wildman–Crippen MR) is 113 cm³/mol. The van der Waals surface area contributed by atoms with Gasteiger partial charge in [0.05, 0.1) is 24.3 Å². The van der Waals surface area contributed by atoms with Crippen molar-refractivity contribution in [1.29, 1.82) is 0 Å². The monoisotopic (exact) mass is 450 g/mol. The van der Waals surface area contributed by atoms with Crippen molar-refractivity contribution in [3.63, 3.8) is 0 Å². The maximum absolute atomic E-state index is 13.3. The molecule has 10 heteroatoms. The van der Waals surface area contributed by atoms with Crippen molar-refractivity contribution in [2.24, 2.45) is 5.73 Å². The standard InChI is InChI=1S/C18H23FN4O2S.2ClH/c19-14-3-1-13(2-4-14)16(23-7-9-25-10-8-23)11-21-18(24)15-12-26-17(22-15)5-6-20;;/h1-4,12,16H,5-11,20H2,(H,21,24);2*1H. The number of aromatic nitrogens is 1. The number of amides is 1. The molecule has 156 valence electrons. The molecule has 1 atom stereocenters. The smallest absolute Gasteiger partial charge is 0.270 e. The van der Waals surface area contributed by atoms with E-state index in [0.717, 1.165) is 23.7 Å². The van der Waals surface area contributed by atoms with Gasteiger partial charge in [0.2, 0.25) is 0 Å². The van der Waals surface area contributed by atoms with Crippen molar-refractivity contribution < 1.29 is 13.9 Å². The van der Waals surface area contributed by atoms with Gasteiger partial charge in [-0.15, -0.1) is 36.2 Å². The molecular formula is C18H25Cl2FN4O2S. The van der Waals surface area contributed by atoms with Gasteiger partial charge in [-0.1, -0.05) is 12.1 Å². The second-order valence-corrected chi connectivity index (χ2v) is 7.03. The summed E-state index contributed by atoms with van der Waals surface area (Å²) in [6.45, 7) is 3.79. The Labute approximate surface area is 180 Å². The number of benzene rings is 1. The Hall–Kier alpha value is -1.29. The number of hydrogen-bond acceptors (Lipinski definition) is 6. The molecule has 0 radical (unpaired) electrons. The summed E-state index contributed by atoms with van der Waals surface area (Å²) < 4.78 is 18.7. The van der Waals surface area contributed by atoms with Crippen molar-refractivity contribution in [3.05, 3.63) is 51.7 Å². The van der Waals surface area contributed by atoms with Crippen LogP contribution in [-0.4, -0.2) is 55.2 Å². The summed E-state index contributed by atoms with van der Waals surface area (Å²) in [6.07, 6.45) is 0.671. The summed E-state index contributed by atoms with van der Waals surface area (Å²) >= 11 is 1.44. The number of morpholine rings is 1. The zero-order valence-electron chi connectivity index (χ0n) is 15.3. The minimum absolute atomic E-state index is 0. The second kappa shape index (κ2) is 12.3. The fraction of sp³-hybridized carbons (Fsp3) is 0.444. The number of nitrogens with one attached hydrogen (secondary N) is 1. The molecule has 1 amide bonds. The second-order valence-electron chi connectivity index (χ2n) is 6.09. The van der Waals surface area contributed by atoms with Crippen molar-refractivity contribution >= 4 is 42.1 Å². The molecule has 0 aliphatic carbocycles. The minimum Gasteiger partial charge on any atom is -0.379 e. The lowest BCUT2D eigenvalue weighted by molar-refractivity contribution is 0.0162. The van der Waals surface area contributed by atoms with E-state index in [1.807, 2.05) is 0 Å². The quantitative estimate of drug-likeness (QED) is 0.676. The average molecular weight is 451 g/mol. The normalized spacial score (nSPS) is 15.2. The van der Waals surface area contributed by atoms with Crippen molar-refractivity contribution in [3.8, 4) is 0 Å². The number of halogens is 3. The fourth-order valence-corrected chi connectivity index (χ4v) is 3.76. The number of carbonyl (C=O) groups excluding carboxylic acids is 1. The lowest BCUT2D eigenvalue weighted by Gasteiger charge is -2.34. The van der Waals surface area contributed by atoms with E-state index < -0.39 is 0 Å². The van der Waals surface area contributed by atoms with Gasteiger partial charge in [-0.05, 0) is 24.2 Å². The van der Waals surface area contributed by atoms with Crippen molar-refractivity contribution in [1.82, 2.24) is 15.2 Å².